The Labute approximate surface area is 108 Å². The van der Waals surface area contributed by atoms with Gasteiger partial charge in [0.25, 0.3) is 0 Å². The third-order valence-corrected chi connectivity index (χ3v) is 2.67. The molecule has 0 aromatic heterocycles. The molecule has 0 aliphatic heterocycles. The molecule has 4 atom stereocenters. The van der Waals surface area contributed by atoms with Crippen LogP contribution in [0.2, 0.25) is 0 Å². The standard InChI is InChI=1S/C6H12O11S2/c1-3(8)5(16-18(10,11)12)6(4(9)2-7)17-19(13,14)15/h2-6,8-9H,1H3,(H,10,11,12)(H,13,14,15)/t3-,4+,5+,6-/m0/s1. The Morgan fingerprint density at radius 3 is 1.58 bits per heavy atom. The van der Waals surface area contributed by atoms with Crippen molar-refractivity contribution in [3.05, 3.63) is 0 Å². The van der Waals surface area contributed by atoms with Gasteiger partial charge in [-0.15, -0.1) is 0 Å². The van der Waals surface area contributed by atoms with Crippen LogP contribution in [0.15, 0.2) is 0 Å². The van der Waals surface area contributed by atoms with Gasteiger partial charge in [0, 0.05) is 0 Å². The molecule has 0 heterocycles. The lowest BCUT2D eigenvalue weighted by Crippen LogP contribution is -2.49. The van der Waals surface area contributed by atoms with Crippen molar-refractivity contribution in [1.29, 1.82) is 0 Å². The summed E-state index contributed by atoms with van der Waals surface area (Å²) in [4.78, 5) is 10.4. The summed E-state index contributed by atoms with van der Waals surface area (Å²) in [6.45, 7) is 0.897. The summed E-state index contributed by atoms with van der Waals surface area (Å²) in [7, 11) is -10.4. The highest BCUT2D eigenvalue weighted by Gasteiger charge is 2.39. The second kappa shape index (κ2) is 6.67. The third-order valence-electron chi connectivity index (χ3n) is 1.74. The Morgan fingerprint density at radius 2 is 1.32 bits per heavy atom. The quantitative estimate of drug-likeness (QED) is 0.269. The van der Waals surface area contributed by atoms with Gasteiger partial charge in [0.2, 0.25) is 0 Å². The fourth-order valence-corrected chi connectivity index (χ4v) is 2.13. The maximum Gasteiger partial charge on any atom is 0.397 e. The highest BCUT2D eigenvalue weighted by Crippen LogP contribution is 2.16. The largest absolute Gasteiger partial charge is 0.397 e. The van der Waals surface area contributed by atoms with Crippen LogP contribution in [0.3, 0.4) is 0 Å². The summed E-state index contributed by atoms with van der Waals surface area (Å²) in [5, 5.41) is 18.4. The van der Waals surface area contributed by atoms with Crippen molar-refractivity contribution in [3.8, 4) is 0 Å². The number of rotatable bonds is 8. The molecule has 0 aromatic rings. The van der Waals surface area contributed by atoms with Crippen molar-refractivity contribution in [2.75, 3.05) is 0 Å². The molecule has 0 amide bonds. The van der Waals surface area contributed by atoms with Crippen molar-refractivity contribution in [2.45, 2.75) is 31.3 Å². The Hall–Kier alpha value is -0.670. The lowest BCUT2D eigenvalue weighted by molar-refractivity contribution is -0.127. The van der Waals surface area contributed by atoms with Crippen LogP contribution in [-0.4, -0.2) is 66.9 Å². The van der Waals surface area contributed by atoms with Gasteiger partial charge in [-0.2, -0.15) is 16.8 Å². The van der Waals surface area contributed by atoms with E-state index in [2.05, 4.69) is 8.37 Å². The number of carbonyl (C=O) groups is 1. The van der Waals surface area contributed by atoms with Crippen molar-refractivity contribution in [3.63, 3.8) is 0 Å². The molecule has 19 heavy (non-hydrogen) atoms. The minimum Gasteiger partial charge on any atom is -0.391 e. The first kappa shape index (κ1) is 18.3. The SMILES string of the molecule is C[C@H](O)[C@@H](OS(=O)(=O)O)[C@@H](OS(=O)(=O)O)[C@H](O)C=O. The van der Waals surface area contributed by atoms with E-state index < -0.39 is 45.2 Å². The van der Waals surface area contributed by atoms with Gasteiger partial charge >= 0.3 is 20.8 Å². The molecule has 4 N–H and O–H groups in total. The molecule has 0 saturated carbocycles. The number of hydrogen-bond donors (Lipinski definition) is 4. The molecule has 0 aliphatic carbocycles. The first-order valence-corrected chi connectivity index (χ1v) is 7.23. The topological polar surface area (TPSA) is 185 Å². The highest BCUT2D eigenvalue weighted by molar-refractivity contribution is 7.81. The molecule has 0 spiro atoms. The number of hydrogen-bond acceptors (Lipinski definition) is 9. The van der Waals surface area contributed by atoms with Crippen LogP contribution in [0.5, 0.6) is 0 Å². The van der Waals surface area contributed by atoms with Crippen LogP contribution < -0.4 is 0 Å². The third kappa shape index (κ3) is 7.48. The second-order valence-electron chi connectivity index (χ2n) is 3.34. The zero-order valence-corrected chi connectivity index (χ0v) is 11.0. The molecule has 11 nitrogen and oxygen atoms in total. The second-order valence-corrected chi connectivity index (χ2v) is 5.44. The molecule has 13 heteroatoms. The van der Waals surface area contributed by atoms with E-state index in [0.29, 0.717) is 0 Å². The highest BCUT2D eigenvalue weighted by atomic mass is 32.3. The monoisotopic (exact) mass is 324 g/mol. The van der Waals surface area contributed by atoms with Crippen LogP contribution >= 0.6 is 0 Å². The first-order chi connectivity index (χ1) is 8.37. The van der Waals surface area contributed by atoms with Crippen molar-refractivity contribution in [1.82, 2.24) is 0 Å². The lowest BCUT2D eigenvalue weighted by Gasteiger charge is -2.27. The van der Waals surface area contributed by atoms with E-state index in [-0.39, 0.29) is 6.29 Å². The van der Waals surface area contributed by atoms with E-state index in [1.54, 1.807) is 0 Å². The van der Waals surface area contributed by atoms with Crippen LogP contribution in [0.4, 0.5) is 0 Å². The van der Waals surface area contributed by atoms with Crippen molar-refractivity contribution in [2.24, 2.45) is 0 Å². The predicted molar refractivity (Wildman–Crippen MR) is 56.6 cm³/mol. The number of aliphatic hydroxyl groups is 2. The molecular formula is C6H12O11S2. The maximum absolute atomic E-state index is 10.5. The summed E-state index contributed by atoms with van der Waals surface area (Å²) < 4.78 is 66.7. The Morgan fingerprint density at radius 1 is 0.947 bits per heavy atom. The van der Waals surface area contributed by atoms with Gasteiger partial charge in [-0.05, 0) is 6.92 Å². The zero-order chi connectivity index (χ0) is 15.4. The summed E-state index contributed by atoms with van der Waals surface area (Å²) in [6.07, 6.45) is -8.77. The van der Waals surface area contributed by atoms with Gasteiger partial charge in [-0.3, -0.25) is 9.11 Å². The molecule has 0 fully saturated rings. The molecule has 0 aromatic carbocycles. The van der Waals surface area contributed by atoms with E-state index in [4.69, 9.17) is 14.2 Å². The smallest absolute Gasteiger partial charge is 0.391 e. The van der Waals surface area contributed by atoms with Gasteiger partial charge in [0.1, 0.15) is 18.3 Å². The van der Waals surface area contributed by atoms with E-state index in [9.17, 15) is 26.7 Å². The van der Waals surface area contributed by atoms with Gasteiger partial charge in [-0.1, -0.05) is 0 Å². The molecule has 0 aliphatic rings. The van der Waals surface area contributed by atoms with Gasteiger partial charge in [-0.25, -0.2) is 8.37 Å². The van der Waals surface area contributed by atoms with Crippen molar-refractivity contribution < 1.29 is 49.3 Å². The Bertz CT molecular complexity index is 491. The van der Waals surface area contributed by atoms with E-state index in [1.165, 1.54) is 0 Å². The van der Waals surface area contributed by atoms with E-state index in [0.717, 1.165) is 6.92 Å². The number of aldehydes is 1. The fourth-order valence-electron chi connectivity index (χ4n) is 1.07. The molecule has 0 radical (unpaired) electrons. The first-order valence-electron chi connectivity index (χ1n) is 4.50. The molecule has 114 valence electrons. The Balaban J connectivity index is 5.43. The normalized spacial score (nSPS) is 19.4. The number of carbonyl (C=O) groups excluding carboxylic acids is 1. The van der Waals surface area contributed by atoms with Gasteiger partial charge in [0.15, 0.2) is 6.29 Å². The summed E-state index contributed by atoms with van der Waals surface area (Å²) in [5.74, 6) is 0. The van der Waals surface area contributed by atoms with Gasteiger partial charge in [0.05, 0.1) is 6.10 Å². The van der Waals surface area contributed by atoms with Crippen molar-refractivity contribution >= 4 is 27.1 Å². The number of aliphatic hydroxyl groups excluding tert-OH is 2. The fraction of sp³-hybridized carbons (Fsp3) is 0.833. The molecule has 0 unspecified atom stereocenters. The molecular weight excluding hydrogens is 312 g/mol. The summed E-state index contributed by atoms with van der Waals surface area (Å²) >= 11 is 0. The van der Waals surface area contributed by atoms with Crippen LogP contribution in [0.25, 0.3) is 0 Å². The van der Waals surface area contributed by atoms with Crippen LogP contribution in [0.1, 0.15) is 6.92 Å². The zero-order valence-electron chi connectivity index (χ0n) is 9.35. The summed E-state index contributed by atoms with van der Waals surface area (Å²) in [6, 6.07) is 0. The van der Waals surface area contributed by atoms with Crippen LogP contribution in [0, 0.1) is 0 Å². The van der Waals surface area contributed by atoms with E-state index >= 15 is 0 Å². The minimum absolute atomic E-state index is 0.251. The maximum atomic E-state index is 10.5. The molecule has 0 rings (SSSR count). The average Bonchev–Trinajstić information content (AvgIpc) is 2.19. The predicted octanol–water partition coefficient (Wildman–Crippen LogP) is -2.70. The van der Waals surface area contributed by atoms with Crippen LogP contribution in [-0.2, 0) is 34.0 Å². The minimum atomic E-state index is -5.20. The average molecular weight is 324 g/mol. The lowest BCUT2D eigenvalue weighted by atomic mass is 10.1. The molecule has 0 bridgehead atoms. The van der Waals surface area contributed by atoms with Gasteiger partial charge < -0.3 is 15.0 Å². The molecule has 0 saturated heterocycles. The van der Waals surface area contributed by atoms with E-state index in [1.807, 2.05) is 0 Å². The summed E-state index contributed by atoms with van der Waals surface area (Å²) in [5.41, 5.74) is 0. The Kier molecular flexibility index (Phi) is 6.43.